The number of esters is 1. The van der Waals surface area contributed by atoms with Gasteiger partial charge in [0.2, 0.25) is 5.75 Å². The molecule has 11 heteroatoms. The standard InChI is InChI=1S/C23H23BrN4O6/c1-5-13(2)21-26-18-10-9-16(24)11-17(18)22(29)27(21)25-12-15-7-6-8-19(28(31)32)20(15)34-14(3)23(30)33-4/h6-14H,5H2,1-4H3/t13-,14-/m1/s1. The summed E-state index contributed by atoms with van der Waals surface area (Å²) in [6.07, 6.45) is 0.896. The lowest BCUT2D eigenvalue weighted by Crippen LogP contribution is -2.26. The molecule has 0 bridgehead atoms. The molecule has 0 unspecified atom stereocenters. The van der Waals surface area contributed by atoms with Crippen molar-refractivity contribution in [2.75, 3.05) is 7.11 Å². The number of rotatable bonds is 8. The quantitative estimate of drug-likeness (QED) is 0.183. The Balaban J connectivity index is 2.19. The van der Waals surface area contributed by atoms with Gasteiger partial charge in [-0.05, 0) is 37.6 Å². The van der Waals surface area contributed by atoms with Gasteiger partial charge in [0.05, 0.1) is 29.2 Å². The zero-order valence-corrected chi connectivity index (χ0v) is 20.6. The molecule has 10 nitrogen and oxygen atoms in total. The Kier molecular flexibility index (Phi) is 7.77. The molecule has 0 saturated carbocycles. The first-order chi connectivity index (χ1) is 16.2. The van der Waals surface area contributed by atoms with Crippen molar-refractivity contribution in [2.24, 2.45) is 5.10 Å². The van der Waals surface area contributed by atoms with Gasteiger partial charge in [-0.2, -0.15) is 9.78 Å². The minimum atomic E-state index is -1.10. The van der Waals surface area contributed by atoms with Crippen LogP contribution in [0.1, 0.15) is 44.5 Å². The van der Waals surface area contributed by atoms with Crippen LogP contribution >= 0.6 is 15.9 Å². The van der Waals surface area contributed by atoms with Crippen molar-refractivity contribution in [3.63, 3.8) is 0 Å². The maximum atomic E-state index is 13.3. The lowest BCUT2D eigenvalue weighted by atomic mass is 10.1. The molecule has 0 fully saturated rings. The third-order valence-electron chi connectivity index (χ3n) is 5.25. The summed E-state index contributed by atoms with van der Waals surface area (Å²) in [5.41, 5.74) is 0.0194. The molecular weight excluding hydrogens is 508 g/mol. The molecule has 0 amide bonds. The van der Waals surface area contributed by atoms with Crippen LogP contribution in [0, 0.1) is 10.1 Å². The Bertz CT molecular complexity index is 1340. The summed E-state index contributed by atoms with van der Waals surface area (Å²) in [6, 6.07) is 9.47. The van der Waals surface area contributed by atoms with Crippen LogP contribution in [0.25, 0.3) is 10.9 Å². The van der Waals surface area contributed by atoms with Gasteiger partial charge in [-0.3, -0.25) is 14.9 Å². The van der Waals surface area contributed by atoms with E-state index in [-0.39, 0.29) is 28.5 Å². The Morgan fingerprint density at radius 3 is 2.71 bits per heavy atom. The van der Waals surface area contributed by atoms with Crippen molar-refractivity contribution >= 4 is 44.7 Å². The molecule has 1 aromatic heterocycles. The second kappa shape index (κ2) is 10.6. The highest BCUT2D eigenvalue weighted by molar-refractivity contribution is 9.10. The largest absolute Gasteiger partial charge is 0.471 e. The Morgan fingerprint density at radius 2 is 2.06 bits per heavy atom. The second-order valence-corrected chi connectivity index (χ2v) is 8.45. The number of aromatic nitrogens is 2. The predicted molar refractivity (Wildman–Crippen MR) is 131 cm³/mol. The smallest absolute Gasteiger partial charge is 0.346 e. The van der Waals surface area contributed by atoms with Gasteiger partial charge < -0.3 is 9.47 Å². The number of carbonyl (C=O) groups excluding carboxylic acids is 1. The van der Waals surface area contributed by atoms with Crippen LogP contribution in [-0.2, 0) is 9.53 Å². The van der Waals surface area contributed by atoms with E-state index in [1.54, 1.807) is 18.2 Å². The molecule has 0 N–H and O–H groups in total. The van der Waals surface area contributed by atoms with Gasteiger partial charge in [-0.25, -0.2) is 9.78 Å². The van der Waals surface area contributed by atoms with Crippen LogP contribution in [0.15, 0.2) is 50.8 Å². The van der Waals surface area contributed by atoms with Crippen LogP contribution in [0.3, 0.4) is 0 Å². The van der Waals surface area contributed by atoms with Crippen LogP contribution in [0.2, 0.25) is 0 Å². The van der Waals surface area contributed by atoms with E-state index >= 15 is 0 Å². The number of nitro groups is 1. The normalized spacial score (nSPS) is 13.1. The van der Waals surface area contributed by atoms with E-state index in [4.69, 9.17) is 4.74 Å². The number of fused-ring (bicyclic) bond motifs is 1. The lowest BCUT2D eigenvalue weighted by molar-refractivity contribution is -0.386. The van der Waals surface area contributed by atoms with Gasteiger partial charge >= 0.3 is 11.7 Å². The summed E-state index contributed by atoms with van der Waals surface area (Å²) in [5.74, 6) is -0.489. The van der Waals surface area contributed by atoms with Crippen molar-refractivity contribution in [1.82, 2.24) is 9.66 Å². The second-order valence-electron chi connectivity index (χ2n) is 7.54. The van der Waals surface area contributed by atoms with Crippen LogP contribution in [0.5, 0.6) is 5.75 Å². The number of hydrogen-bond donors (Lipinski definition) is 0. The number of halogens is 1. The average molecular weight is 531 g/mol. The summed E-state index contributed by atoms with van der Waals surface area (Å²) in [4.78, 5) is 40.7. The van der Waals surface area contributed by atoms with Crippen LogP contribution in [-0.4, -0.2) is 40.0 Å². The fourth-order valence-corrected chi connectivity index (χ4v) is 3.57. The number of benzene rings is 2. The minimum absolute atomic E-state index is 0.0851. The third-order valence-corrected chi connectivity index (χ3v) is 5.74. The van der Waals surface area contributed by atoms with E-state index in [9.17, 15) is 19.7 Å². The van der Waals surface area contributed by atoms with Crippen molar-refractivity contribution in [3.8, 4) is 5.75 Å². The summed E-state index contributed by atoms with van der Waals surface area (Å²) < 4.78 is 12.1. The zero-order valence-electron chi connectivity index (χ0n) is 19.0. The van der Waals surface area contributed by atoms with Crippen molar-refractivity contribution in [3.05, 3.63) is 72.7 Å². The average Bonchev–Trinajstić information content (AvgIpc) is 2.82. The molecule has 178 valence electrons. The first kappa shape index (κ1) is 25.0. The van der Waals surface area contributed by atoms with E-state index in [1.165, 1.54) is 43.1 Å². The monoisotopic (exact) mass is 530 g/mol. The minimum Gasteiger partial charge on any atom is -0.471 e. The molecule has 0 aliphatic rings. The van der Waals surface area contributed by atoms with Crippen LogP contribution < -0.4 is 10.3 Å². The number of nitro benzene ring substituents is 1. The molecular formula is C23H23BrN4O6. The first-order valence-corrected chi connectivity index (χ1v) is 11.3. The molecule has 0 spiro atoms. The van der Waals surface area contributed by atoms with Gasteiger partial charge in [-0.15, -0.1) is 0 Å². The fourth-order valence-electron chi connectivity index (χ4n) is 3.21. The number of hydrogen-bond acceptors (Lipinski definition) is 8. The fraction of sp³-hybridized carbons (Fsp3) is 0.304. The third kappa shape index (κ3) is 5.14. The Hall–Kier alpha value is -3.60. The Morgan fingerprint density at radius 1 is 1.32 bits per heavy atom. The maximum Gasteiger partial charge on any atom is 0.346 e. The number of methoxy groups -OCH3 is 1. The summed E-state index contributed by atoms with van der Waals surface area (Å²) >= 11 is 3.37. The van der Waals surface area contributed by atoms with Crippen molar-refractivity contribution < 1.29 is 19.2 Å². The van der Waals surface area contributed by atoms with E-state index in [0.29, 0.717) is 23.1 Å². The van der Waals surface area contributed by atoms with E-state index in [0.717, 1.165) is 4.47 Å². The van der Waals surface area contributed by atoms with Gasteiger partial charge in [0.1, 0.15) is 5.82 Å². The Labute approximate surface area is 203 Å². The molecule has 2 atom stereocenters. The van der Waals surface area contributed by atoms with Crippen molar-refractivity contribution in [2.45, 2.75) is 39.2 Å². The molecule has 0 aliphatic carbocycles. The highest BCUT2D eigenvalue weighted by Gasteiger charge is 2.24. The van der Waals surface area contributed by atoms with Gasteiger partial charge in [0, 0.05) is 22.0 Å². The molecule has 2 aromatic carbocycles. The topological polar surface area (TPSA) is 126 Å². The van der Waals surface area contributed by atoms with Gasteiger partial charge in [0.15, 0.2) is 6.10 Å². The van der Waals surface area contributed by atoms with Crippen molar-refractivity contribution in [1.29, 1.82) is 0 Å². The SMILES string of the molecule is CC[C@@H](C)c1nc2ccc(Br)cc2c(=O)n1N=Cc1cccc([N+](=O)[O-])c1O[C@H](C)C(=O)OC. The predicted octanol–water partition coefficient (Wildman–Crippen LogP) is 4.40. The van der Waals surface area contributed by atoms with Crippen LogP contribution in [0.4, 0.5) is 5.69 Å². The van der Waals surface area contributed by atoms with E-state index in [2.05, 4.69) is 30.8 Å². The number of ether oxygens (including phenoxy) is 2. The molecule has 34 heavy (non-hydrogen) atoms. The molecule has 3 aromatic rings. The molecule has 3 rings (SSSR count). The number of carbonyl (C=O) groups is 1. The first-order valence-electron chi connectivity index (χ1n) is 10.5. The van der Waals surface area contributed by atoms with E-state index in [1.807, 2.05) is 13.8 Å². The highest BCUT2D eigenvalue weighted by Crippen LogP contribution is 2.31. The molecule has 1 heterocycles. The van der Waals surface area contributed by atoms with Gasteiger partial charge in [-0.1, -0.05) is 35.8 Å². The number of nitrogens with zero attached hydrogens (tertiary/aromatic N) is 4. The molecule has 0 radical (unpaired) electrons. The maximum absolute atomic E-state index is 13.3. The molecule has 0 aliphatic heterocycles. The summed E-state index contributed by atoms with van der Waals surface area (Å²) in [6.45, 7) is 5.32. The molecule has 0 saturated heterocycles. The summed E-state index contributed by atoms with van der Waals surface area (Å²) in [7, 11) is 1.19. The van der Waals surface area contributed by atoms with Gasteiger partial charge in [0.25, 0.3) is 5.56 Å². The number of para-hydroxylation sites is 1. The summed E-state index contributed by atoms with van der Waals surface area (Å²) in [5, 5.41) is 16.3. The van der Waals surface area contributed by atoms with E-state index < -0.39 is 17.0 Å². The lowest BCUT2D eigenvalue weighted by Gasteiger charge is -2.15. The zero-order chi connectivity index (χ0) is 25.0. The highest BCUT2D eigenvalue weighted by atomic mass is 79.9.